The van der Waals surface area contributed by atoms with E-state index in [2.05, 4.69) is 5.32 Å². The molecule has 0 unspecified atom stereocenters. The number of carbonyl (C=O) groups is 1. The van der Waals surface area contributed by atoms with E-state index in [-0.39, 0.29) is 5.97 Å². The summed E-state index contributed by atoms with van der Waals surface area (Å²) in [5.41, 5.74) is 10.00. The largest absolute Gasteiger partial charge is 0.462 e. The first-order valence-corrected chi connectivity index (χ1v) is 6.50. The number of nitrogen functional groups attached to an aromatic ring is 1. The molecular formula is C16H18N2O2. The third-order valence-electron chi connectivity index (χ3n) is 2.88. The summed E-state index contributed by atoms with van der Waals surface area (Å²) in [6, 6.07) is 12.9. The number of rotatable bonds is 4. The van der Waals surface area contributed by atoms with Crippen LogP contribution in [0.15, 0.2) is 42.5 Å². The fourth-order valence-electron chi connectivity index (χ4n) is 1.84. The molecule has 4 heteroatoms. The van der Waals surface area contributed by atoms with Gasteiger partial charge in [0.25, 0.3) is 0 Å². The van der Waals surface area contributed by atoms with E-state index in [1.54, 1.807) is 19.1 Å². The first kappa shape index (κ1) is 13.9. The second-order valence-corrected chi connectivity index (χ2v) is 4.51. The lowest BCUT2D eigenvalue weighted by Gasteiger charge is -2.10. The Kier molecular flexibility index (Phi) is 4.25. The Bertz CT molecular complexity index is 606. The average molecular weight is 270 g/mol. The third kappa shape index (κ3) is 3.29. The smallest absolute Gasteiger partial charge is 0.338 e. The highest BCUT2D eigenvalue weighted by molar-refractivity contribution is 5.90. The molecule has 2 rings (SSSR count). The number of anilines is 3. The Balaban J connectivity index is 2.14. The highest BCUT2D eigenvalue weighted by Gasteiger charge is 2.06. The maximum absolute atomic E-state index is 11.6. The minimum atomic E-state index is -0.311. The standard InChI is InChI=1S/C16H18N2O2/c1-3-20-16(19)12-5-7-13(8-6-12)18-15-10-11(2)4-9-14(15)17/h4-10,18H,3,17H2,1-2H3. The quantitative estimate of drug-likeness (QED) is 0.659. The van der Waals surface area contributed by atoms with Crippen molar-refractivity contribution in [2.75, 3.05) is 17.7 Å². The molecule has 3 N–H and O–H groups in total. The van der Waals surface area contributed by atoms with Crippen molar-refractivity contribution < 1.29 is 9.53 Å². The van der Waals surface area contributed by atoms with Crippen molar-refractivity contribution in [2.24, 2.45) is 0 Å². The summed E-state index contributed by atoms with van der Waals surface area (Å²) in [6.45, 7) is 4.17. The first-order chi connectivity index (χ1) is 9.60. The molecule has 0 saturated carbocycles. The van der Waals surface area contributed by atoms with Gasteiger partial charge in [-0.05, 0) is 55.8 Å². The monoisotopic (exact) mass is 270 g/mol. The molecule has 2 aromatic rings. The normalized spacial score (nSPS) is 10.1. The molecule has 0 amide bonds. The number of nitrogens with two attached hydrogens (primary N) is 1. The summed E-state index contributed by atoms with van der Waals surface area (Å²) >= 11 is 0. The van der Waals surface area contributed by atoms with Crippen LogP contribution in [0.2, 0.25) is 0 Å². The second-order valence-electron chi connectivity index (χ2n) is 4.51. The van der Waals surface area contributed by atoms with E-state index in [1.165, 1.54) is 0 Å². The molecule has 20 heavy (non-hydrogen) atoms. The lowest BCUT2D eigenvalue weighted by molar-refractivity contribution is 0.0526. The maximum atomic E-state index is 11.6. The molecule has 4 nitrogen and oxygen atoms in total. The van der Waals surface area contributed by atoms with Gasteiger partial charge in [-0.3, -0.25) is 0 Å². The summed E-state index contributed by atoms with van der Waals surface area (Å²) in [5.74, 6) is -0.311. The van der Waals surface area contributed by atoms with Gasteiger partial charge in [0.2, 0.25) is 0 Å². The van der Waals surface area contributed by atoms with Crippen LogP contribution in [0.25, 0.3) is 0 Å². The minimum Gasteiger partial charge on any atom is -0.462 e. The molecule has 0 bridgehead atoms. The number of carbonyl (C=O) groups excluding carboxylic acids is 1. The highest BCUT2D eigenvalue weighted by atomic mass is 16.5. The van der Waals surface area contributed by atoms with Crippen LogP contribution >= 0.6 is 0 Å². The van der Waals surface area contributed by atoms with Gasteiger partial charge in [0, 0.05) is 5.69 Å². The van der Waals surface area contributed by atoms with Crippen LogP contribution in [-0.2, 0) is 4.74 Å². The molecule has 104 valence electrons. The average Bonchev–Trinajstić information content (AvgIpc) is 2.44. The second kappa shape index (κ2) is 6.10. The van der Waals surface area contributed by atoms with Crippen LogP contribution in [0.3, 0.4) is 0 Å². The Morgan fingerprint density at radius 3 is 2.55 bits per heavy atom. The Hall–Kier alpha value is -2.49. The SMILES string of the molecule is CCOC(=O)c1ccc(Nc2cc(C)ccc2N)cc1. The van der Waals surface area contributed by atoms with Gasteiger partial charge in [0.05, 0.1) is 23.5 Å². The molecule has 0 aliphatic rings. The van der Waals surface area contributed by atoms with Crippen molar-refractivity contribution >= 4 is 23.0 Å². The number of ether oxygens (including phenoxy) is 1. The predicted molar refractivity (Wildman–Crippen MR) is 81.3 cm³/mol. The molecule has 0 heterocycles. The van der Waals surface area contributed by atoms with Gasteiger partial charge in [-0.15, -0.1) is 0 Å². The lowest BCUT2D eigenvalue weighted by atomic mass is 10.1. The zero-order valence-corrected chi connectivity index (χ0v) is 11.6. The van der Waals surface area contributed by atoms with Crippen molar-refractivity contribution in [3.8, 4) is 0 Å². The third-order valence-corrected chi connectivity index (χ3v) is 2.88. The molecule has 0 saturated heterocycles. The number of hydrogen-bond acceptors (Lipinski definition) is 4. The van der Waals surface area contributed by atoms with E-state index >= 15 is 0 Å². The summed E-state index contributed by atoms with van der Waals surface area (Å²) in [7, 11) is 0. The number of hydrogen-bond donors (Lipinski definition) is 2. The Labute approximate surface area is 118 Å². The molecule has 0 radical (unpaired) electrons. The van der Waals surface area contributed by atoms with Gasteiger partial charge in [0.1, 0.15) is 0 Å². The van der Waals surface area contributed by atoms with Gasteiger partial charge in [-0.2, -0.15) is 0 Å². The minimum absolute atomic E-state index is 0.311. The van der Waals surface area contributed by atoms with Gasteiger partial charge < -0.3 is 15.8 Å². The number of nitrogens with one attached hydrogen (secondary N) is 1. The number of aryl methyl sites for hydroxylation is 1. The summed E-state index contributed by atoms with van der Waals surface area (Å²) in [5, 5.41) is 3.23. The van der Waals surface area contributed by atoms with Crippen molar-refractivity contribution in [2.45, 2.75) is 13.8 Å². The van der Waals surface area contributed by atoms with Crippen LogP contribution in [0.1, 0.15) is 22.8 Å². The maximum Gasteiger partial charge on any atom is 0.338 e. The topological polar surface area (TPSA) is 64.3 Å². The van der Waals surface area contributed by atoms with E-state index in [0.717, 1.165) is 16.9 Å². The highest BCUT2D eigenvalue weighted by Crippen LogP contribution is 2.24. The van der Waals surface area contributed by atoms with Crippen molar-refractivity contribution in [1.29, 1.82) is 0 Å². The van der Waals surface area contributed by atoms with E-state index in [1.807, 2.05) is 37.3 Å². The van der Waals surface area contributed by atoms with Crippen LogP contribution < -0.4 is 11.1 Å². The molecule has 0 aliphatic carbocycles. The van der Waals surface area contributed by atoms with Gasteiger partial charge in [0.15, 0.2) is 0 Å². The zero-order valence-electron chi connectivity index (χ0n) is 11.6. The zero-order chi connectivity index (χ0) is 14.5. The van der Waals surface area contributed by atoms with Crippen molar-refractivity contribution in [3.05, 3.63) is 53.6 Å². The number of benzene rings is 2. The van der Waals surface area contributed by atoms with E-state index in [4.69, 9.17) is 10.5 Å². The van der Waals surface area contributed by atoms with Crippen LogP contribution in [-0.4, -0.2) is 12.6 Å². The van der Waals surface area contributed by atoms with Crippen molar-refractivity contribution in [1.82, 2.24) is 0 Å². The first-order valence-electron chi connectivity index (χ1n) is 6.50. The van der Waals surface area contributed by atoms with E-state index < -0.39 is 0 Å². The Morgan fingerprint density at radius 2 is 1.90 bits per heavy atom. The summed E-state index contributed by atoms with van der Waals surface area (Å²) in [6.07, 6.45) is 0. The number of esters is 1. The summed E-state index contributed by atoms with van der Waals surface area (Å²) in [4.78, 5) is 11.6. The van der Waals surface area contributed by atoms with E-state index in [0.29, 0.717) is 17.9 Å². The van der Waals surface area contributed by atoms with Gasteiger partial charge >= 0.3 is 5.97 Å². The lowest BCUT2D eigenvalue weighted by Crippen LogP contribution is -2.04. The molecular weight excluding hydrogens is 252 g/mol. The van der Waals surface area contributed by atoms with Crippen LogP contribution in [0.4, 0.5) is 17.1 Å². The molecule has 0 fully saturated rings. The Morgan fingerprint density at radius 1 is 1.20 bits per heavy atom. The molecule has 2 aromatic carbocycles. The predicted octanol–water partition coefficient (Wildman–Crippen LogP) is 3.50. The van der Waals surface area contributed by atoms with Crippen LogP contribution in [0, 0.1) is 6.92 Å². The van der Waals surface area contributed by atoms with Crippen molar-refractivity contribution in [3.63, 3.8) is 0 Å². The summed E-state index contributed by atoms with van der Waals surface area (Å²) < 4.78 is 4.94. The molecule has 0 aromatic heterocycles. The van der Waals surface area contributed by atoms with Crippen LogP contribution in [0.5, 0.6) is 0 Å². The fourth-order valence-corrected chi connectivity index (χ4v) is 1.84. The molecule has 0 aliphatic heterocycles. The van der Waals surface area contributed by atoms with E-state index in [9.17, 15) is 4.79 Å². The fraction of sp³-hybridized carbons (Fsp3) is 0.188. The molecule has 0 spiro atoms. The molecule has 0 atom stereocenters. The van der Waals surface area contributed by atoms with Gasteiger partial charge in [-0.25, -0.2) is 4.79 Å². The van der Waals surface area contributed by atoms with Gasteiger partial charge in [-0.1, -0.05) is 6.07 Å².